The van der Waals surface area contributed by atoms with Crippen molar-refractivity contribution in [2.45, 2.75) is 31.2 Å². The lowest BCUT2D eigenvalue weighted by atomic mass is 10.1. The van der Waals surface area contributed by atoms with Gasteiger partial charge in [0.15, 0.2) is 0 Å². The molecule has 0 spiro atoms. The number of ether oxygens (including phenoxy) is 1. The smallest absolute Gasteiger partial charge is 0.328 e. The lowest BCUT2D eigenvalue weighted by Crippen LogP contribution is -2.34. The number of nitrogens with zero attached hydrogens (tertiary/aromatic N) is 2. The van der Waals surface area contributed by atoms with Gasteiger partial charge in [0, 0.05) is 20.1 Å². The van der Waals surface area contributed by atoms with E-state index in [0.29, 0.717) is 23.0 Å². The van der Waals surface area contributed by atoms with E-state index in [4.69, 9.17) is 4.74 Å². The molecule has 3 rings (SSSR count). The molecule has 0 saturated heterocycles. The standard InChI is InChI=1S/C20H25N3O4S/c1-13-10-17-18(23(4)20(24)22(17)3)12-19(13)28(25,26)21-14(2)11-15-6-8-16(27-5)9-7-15/h6-10,12,14,21H,11H2,1-5H3/t14-/m0/s1. The predicted octanol–water partition coefficient (Wildman–Crippen LogP) is 2.10. The molecule has 3 aromatic rings. The molecule has 1 N–H and O–H groups in total. The van der Waals surface area contributed by atoms with Crippen molar-refractivity contribution >= 4 is 21.1 Å². The molecule has 1 heterocycles. The maximum atomic E-state index is 13.0. The first-order valence-electron chi connectivity index (χ1n) is 8.95. The maximum Gasteiger partial charge on any atom is 0.328 e. The Hall–Kier alpha value is -2.58. The number of nitrogens with one attached hydrogen (secondary N) is 1. The van der Waals surface area contributed by atoms with Crippen molar-refractivity contribution in [2.75, 3.05) is 7.11 Å². The van der Waals surface area contributed by atoms with Crippen LogP contribution in [0.15, 0.2) is 46.1 Å². The summed E-state index contributed by atoms with van der Waals surface area (Å²) in [5.41, 5.74) is 2.70. The molecule has 0 unspecified atom stereocenters. The Morgan fingerprint density at radius 1 is 1.07 bits per heavy atom. The minimum Gasteiger partial charge on any atom is -0.497 e. The molecule has 0 amide bonds. The zero-order valence-corrected chi connectivity index (χ0v) is 17.5. The molecule has 0 fully saturated rings. The molecule has 1 atom stereocenters. The number of aryl methyl sites for hydroxylation is 3. The molecular formula is C20H25N3O4S. The first-order valence-corrected chi connectivity index (χ1v) is 10.4. The van der Waals surface area contributed by atoms with Gasteiger partial charge in [0.25, 0.3) is 0 Å². The molecule has 28 heavy (non-hydrogen) atoms. The average molecular weight is 404 g/mol. The van der Waals surface area contributed by atoms with Gasteiger partial charge in [-0.3, -0.25) is 9.13 Å². The lowest BCUT2D eigenvalue weighted by Gasteiger charge is -2.16. The van der Waals surface area contributed by atoms with Crippen LogP contribution in [0, 0.1) is 6.92 Å². The van der Waals surface area contributed by atoms with Crippen molar-refractivity contribution in [3.8, 4) is 5.75 Å². The number of rotatable bonds is 6. The number of sulfonamides is 1. The van der Waals surface area contributed by atoms with Crippen LogP contribution >= 0.6 is 0 Å². The first kappa shape index (κ1) is 20.2. The van der Waals surface area contributed by atoms with Crippen LogP contribution in [0.3, 0.4) is 0 Å². The number of hydrogen-bond acceptors (Lipinski definition) is 4. The fourth-order valence-electron chi connectivity index (χ4n) is 3.41. The molecule has 2 aromatic carbocycles. The van der Waals surface area contributed by atoms with Gasteiger partial charge in [0.05, 0.1) is 23.0 Å². The molecule has 0 aliphatic heterocycles. The van der Waals surface area contributed by atoms with E-state index in [1.165, 1.54) is 9.13 Å². The summed E-state index contributed by atoms with van der Waals surface area (Å²) in [4.78, 5) is 12.3. The van der Waals surface area contributed by atoms with E-state index < -0.39 is 10.0 Å². The normalized spacial score (nSPS) is 13.0. The molecule has 0 radical (unpaired) electrons. The highest BCUT2D eigenvalue weighted by atomic mass is 32.2. The van der Waals surface area contributed by atoms with Gasteiger partial charge in [-0.05, 0) is 55.7 Å². The molecule has 0 saturated carbocycles. The summed E-state index contributed by atoms with van der Waals surface area (Å²) in [6, 6.07) is 10.5. The Morgan fingerprint density at radius 2 is 1.64 bits per heavy atom. The Bertz CT molecular complexity index is 1170. The van der Waals surface area contributed by atoms with Crippen LogP contribution in [0.4, 0.5) is 0 Å². The van der Waals surface area contributed by atoms with Crippen LogP contribution in [0.2, 0.25) is 0 Å². The van der Waals surface area contributed by atoms with Gasteiger partial charge in [-0.2, -0.15) is 0 Å². The molecule has 7 nitrogen and oxygen atoms in total. The molecule has 8 heteroatoms. The highest BCUT2D eigenvalue weighted by molar-refractivity contribution is 7.89. The highest BCUT2D eigenvalue weighted by Gasteiger charge is 2.22. The van der Waals surface area contributed by atoms with Crippen LogP contribution in [0.5, 0.6) is 5.75 Å². The van der Waals surface area contributed by atoms with E-state index in [9.17, 15) is 13.2 Å². The van der Waals surface area contributed by atoms with Gasteiger partial charge < -0.3 is 4.74 Å². The summed E-state index contributed by atoms with van der Waals surface area (Å²) in [7, 11) is 1.18. The Balaban J connectivity index is 1.88. The van der Waals surface area contributed by atoms with Crippen LogP contribution in [0.1, 0.15) is 18.1 Å². The average Bonchev–Trinajstić information content (AvgIpc) is 2.85. The molecular weight excluding hydrogens is 378 g/mol. The van der Waals surface area contributed by atoms with Crippen molar-refractivity contribution in [2.24, 2.45) is 14.1 Å². The number of fused-ring (bicyclic) bond motifs is 1. The Morgan fingerprint density at radius 3 is 2.21 bits per heavy atom. The zero-order chi connectivity index (χ0) is 20.6. The Kier molecular flexibility index (Phi) is 5.36. The highest BCUT2D eigenvalue weighted by Crippen LogP contribution is 2.23. The summed E-state index contributed by atoms with van der Waals surface area (Å²) < 4.78 is 36.8. The summed E-state index contributed by atoms with van der Waals surface area (Å²) in [5, 5.41) is 0. The van der Waals surface area contributed by atoms with Crippen LogP contribution in [-0.2, 0) is 30.5 Å². The van der Waals surface area contributed by atoms with Crippen LogP contribution < -0.4 is 15.1 Å². The summed E-state index contributed by atoms with van der Waals surface area (Å²) >= 11 is 0. The molecule has 150 valence electrons. The fourth-order valence-corrected chi connectivity index (χ4v) is 4.89. The number of benzene rings is 2. The van der Waals surface area contributed by atoms with Crippen molar-refractivity contribution < 1.29 is 13.2 Å². The first-order chi connectivity index (χ1) is 13.1. The Labute approximate surface area is 164 Å². The van der Waals surface area contributed by atoms with Crippen LogP contribution in [0.25, 0.3) is 11.0 Å². The van der Waals surface area contributed by atoms with Gasteiger partial charge in [-0.25, -0.2) is 17.9 Å². The van der Waals surface area contributed by atoms with Crippen molar-refractivity contribution in [3.63, 3.8) is 0 Å². The van der Waals surface area contributed by atoms with E-state index in [-0.39, 0.29) is 16.6 Å². The SMILES string of the molecule is COc1ccc(C[C@H](C)NS(=O)(=O)c2cc3c(cc2C)n(C)c(=O)n3C)cc1. The van der Waals surface area contributed by atoms with Crippen LogP contribution in [-0.4, -0.2) is 30.7 Å². The van der Waals surface area contributed by atoms with Crippen molar-refractivity contribution in [3.05, 3.63) is 58.0 Å². The number of imidazole rings is 1. The van der Waals surface area contributed by atoms with E-state index in [0.717, 1.165) is 11.3 Å². The van der Waals surface area contributed by atoms with Gasteiger partial charge >= 0.3 is 5.69 Å². The predicted molar refractivity (Wildman–Crippen MR) is 109 cm³/mol. The largest absolute Gasteiger partial charge is 0.497 e. The monoisotopic (exact) mass is 403 g/mol. The van der Waals surface area contributed by atoms with Gasteiger partial charge in [0.1, 0.15) is 5.75 Å². The second-order valence-electron chi connectivity index (χ2n) is 7.08. The third-order valence-corrected chi connectivity index (χ3v) is 6.65. The second kappa shape index (κ2) is 7.44. The van der Waals surface area contributed by atoms with E-state index >= 15 is 0 Å². The molecule has 0 aliphatic rings. The summed E-state index contributed by atoms with van der Waals surface area (Å²) in [6.07, 6.45) is 0.550. The molecule has 0 bridgehead atoms. The molecule has 1 aromatic heterocycles. The minimum atomic E-state index is -3.73. The fraction of sp³-hybridized carbons (Fsp3) is 0.350. The third-order valence-electron chi connectivity index (χ3n) is 4.92. The topological polar surface area (TPSA) is 82.3 Å². The van der Waals surface area contributed by atoms with Crippen molar-refractivity contribution in [1.29, 1.82) is 0 Å². The summed E-state index contributed by atoms with van der Waals surface area (Å²) in [6.45, 7) is 3.56. The minimum absolute atomic E-state index is 0.183. The summed E-state index contributed by atoms with van der Waals surface area (Å²) in [5.74, 6) is 0.759. The zero-order valence-electron chi connectivity index (χ0n) is 16.7. The van der Waals surface area contributed by atoms with E-state index in [2.05, 4.69) is 4.72 Å². The maximum absolute atomic E-state index is 13.0. The van der Waals surface area contributed by atoms with Crippen molar-refractivity contribution in [1.82, 2.24) is 13.9 Å². The number of methoxy groups -OCH3 is 1. The molecule has 0 aliphatic carbocycles. The lowest BCUT2D eigenvalue weighted by molar-refractivity contribution is 0.414. The number of hydrogen-bond donors (Lipinski definition) is 1. The van der Waals surface area contributed by atoms with Gasteiger partial charge in [-0.15, -0.1) is 0 Å². The van der Waals surface area contributed by atoms with E-state index in [1.807, 2.05) is 31.2 Å². The number of aromatic nitrogens is 2. The second-order valence-corrected chi connectivity index (χ2v) is 8.76. The van der Waals surface area contributed by atoms with Gasteiger partial charge in [-0.1, -0.05) is 12.1 Å². The third kappa shape index (κ3) is 3.70. The van der Waals surface area contributed by atoms with E-state index in [1.54, 1.807) is 40.3 Å². The quantitative estimate of drug-likeness (QED) is 0.683. The van der Waals surface area contributed by atoms with Gasteiger partial charge in [0.2, 0.25) is 10.0 Å².